The summed E-state index contributed by atoms with van der Waals surface area (Å²) in [5.74, 6) is -0.277. The second kappa shape index (κ2) is 61.4. The number of nitrogens with one attached hydrogen (secondary N) is 1. The molecule has 0 aliphatic carbocycles. The van der Waals surface area contributed by atoms with E-state index in [0.29, 0.717) is 12.8 Å². The molecule has 99 heavy (non-hydrogen) atoms. The number of amides is 1. The van der Waals surface area contributed by atoms with Gasteiger partial charge in [-0.25, -0.2) is 0 Å². The fraction of sp³-hybridized carbons (Fsp3) is 0.938. The molecule has 19 nitrogen and oxygen atoms in total. The molecule has 3 rings (SSSR count). The van der Waals surface area contributed by atoms with Gasteiger partial charge in [0.2, 0.25) is 5.91 Å². The molecule has 0 saturated carbocycles. The summed E-state index contributed by atoms with van der Waals surface area (Å²) in [4.78, 5) is 13.5. The lowest BCUT2D eigenvalue weighted by molar-refractivity contribution is -0.379. The average Bonchev–Trinajstić information content (AvgIpc) is 0.781. The van der Waals surface area contributed by atoms with Gasteiger partial charge in [-0.15, -0.1) is 0 Å². The molecule has 0 aromatic carbocycles. The van der Waals surface area contributed by atoms with Crippen molar-refractivity contribution in [3.63, 3.8) is 0 Å². The van der Waals surface area contributed by atoms with E-state index in [1.54, 1.807) is 6.08 Å². The largest absolute Gasteiger partial charge is 0.394 e. The van der Waals surface area contributed by atoms with Crippen molar-refractivity contribution in [3.05, 3.63) is 24.3 Å². The van der Waals surface area contributed by atoms with Gasteiger partial charge >= 0.3 is 0 Å². The fourth-order valence-corrected chi connectivity index (χ4v) is 14.2. The smallest absolute Gasteiger partial charge is 0.220 e. The number of aliphatic hydroxyl groups excluding tert-OH is 11. The zero-order valence-electron chi connectivity index (χ0n) is 62.5. The van der Waals surface area contributed by atoms with Gasteiger partial charge in [0.05, 0.1) is 38.6 Å². The predicted molar refractivity (Wildman–Crippen MR) is 393 cm³/mol. The first-order valence-corrected chi connectivity index (χ1v) is 41.1. The summed E-state index contributed by atoms with van der Waals surface area (Å²) in [6.45, 7) is 1.78. The Labute approximate surface area is 600 Å². The third kappa shape index (κ3) is 41.7. The summed E-state index contributed by atoms with van der Waals surface area (Å²) < 4.78 is 34.5. The molecule has 0 aromatic rings. The summed E-state index contributed by atoms with van der Waals surface area (Å²) in [6.07, 6.45) is 47.5. The first kappa shape index (κ1) is 91.5. The van der Waals surface area contributed by atoms with Crippen LogP contribution < -0.4 is 5.32 Å². The van der Waals surface area contributed by atoms with Crippen LogP contribution in [0.1, 0.15) is 348 Å². The first-order chi connectivity index (χ1) is 48.3. The van der Waals surface area contributed by atoms with Crippen molar-refractivity contribution in [2.75, 3.05) is 26.4 Å². The highest BCUT2D eigenvalue weighted by Gasteiger charge is 2.54. The van der Waals surface area contributed by atoms with E-state index in [1.807, 2.05) is 6.08 Å². The minimum atomic E-state index is -1.98. The molecular weight excluding hydrogens is 1260 g/mol. The molecule has 3 heterocycles. The highest BCUT2D eigenvalue weighted by molar-refractivity contribution is 5.76. The topological polar surface area (TPSA) is 307 Å². The van der Waals surface area contributed by atoms with E-state index in [1.165, 1.54) is 276 Å². The van der Waals surface area contributed by atoms with E-state index in [0.717, 1.165) is 38.5 Å². The third-order valence-electron chi connectivity index (χ3n) is 20.8. The molecule has 17 unspecified atom stereocenters. The Balaban J connectivity index is 1.38. The number of rotatable bonds is 66. The highest BCUT2D eigenvalue weighted by atomic mass is 16.8. The minimum Gasteiger partial charge on any atom is -0.394 e. The van der Waals surface area contributed by atoms with Crippen LogP contribution in [0.25, 0.3) is 0 Å². The monoisotopic (exact) mass is 1410 g/mol. The molecule has 0 bridgehead atoms. The van der Waals surface area contributed by atoms with E-state index < -0.39 is 124 Å². The van der Waals surface area contributed by atoms with E-state index >= 15 is 0 Å². The van der Waals surface area contributed by atoms with Gasteiger partial charge in [-0.2, -0.15) is 0 Å². The Morgan fingerprint density at radius 2 is 0.646 bits per heavy atom. The van der Waals surface area contributed by atoms with E-state index in [9.17, 15) is 61.0 Å². The lowest BCUT2D eigenvalue weighted by Gasteiger charge is -2.48. The van der Waals surface area contributed by atoms with Crippen molar-refractivity contribution in [2.45, 2.75) is 452 Å². The highest BCUT2D eigenvalue weighted by Crippen LogP contribution is 2.33. The Morgan fingerprint density at radius 1 is 0.354 bits per heavy atom. The molecule has 3 saturated heterocycles. The van der Waals surface area contributed by atoms with Gasteiger partial charge in [-0.3, -0.25) is 4.79 Å². The number of aliphatic hydroxyl groups is 11. The standard InChI is InChI=1S/C80H151NO18/c1-3-5-7-9-11-13-15-17-19-21-23-25-27-29-30-31-32-34-36-38-40-42-44-46-48-50-52-54-56-58-68(86)81-63(64(85)57-55-53-51-49-47-45-43-41-39-37-35-33-28-26-24-22-20-18-16-14-12-10-8-6-4-2)62-94-78-74(92)71(89)76(66(60-83)96-78)99-80-75(93)72(90)77(67(61-84)97-80)98-79-73(91)70(88)69(87)65(59-82)95-79/h47,49,55,57,63-67,69-80,82-85,87-93H,3-46,48,50-54,56,58-62H2,1-2H3,(H,81,86)/b49-47+,57-55+. The van der Waals surface area contributed by atoms with Crippen molar-refractivity contribution in [1.29, 1.82) is 0 Å². The zero-order valence-corrected chi connectivity index (χ0v) is 62.5. The molecule has 3 fully saturated rings. The summed E-state index contributed by atoms with van der Waals surface area (Å²) in [7, 11) is 0. The van der Waals surface area contributed by atoms with Gasteiger partial charge in [0.15, 0.2) is 18.9 Å². The van der Waals surface area contributed by atoms with E-state index in [4.69, 9.17) is 28.4 Å². The second-order valence-corrected chi connectivity index (χ2v) is 29.6. The number of hydrogen-bond donors (Lipinski definition) is 12. The number of unbranched alkanes of at least 4 members (excludes halogenated alkanes) is 48. The van der Waals surface area contributed by atoms with Crippen molar-refractivity contribution in [3.8, 4) is 0 Å². The SMILES string of the molecule is CCCCCCCCCCCCCCCCCCCCC/C=C/CC/C=C/C(O)C(COC1OC(CO)C(OC2OC(CO)C(OC3OC(CO)C(O)C(O)C3O)C(O)C2O)C(O)C1O)NC(=O)CCCCCCCCCCCCCCCCCCCCCCCCCCCCCCC. The predicted octanol–water partition coefficient (Wildman–Crippen LogP) is 13.7. The van der Waals surface area contributed by atoms with Gasteiger partial charge in [-0.05, 0) is 32.1 Å². The lowest BCUT2D eigenvalue weighted by Crippen LogP contribution is -2.66. The van der Waals surface area contributed by atoms with Crippen LogP contribution in [0.2, 0.25) is 0 Å². The lowest BCUT2D eigenvalue weighted by atomic mass is 9.96. The molecule has 12 N–H and O–H groups in total. The van der Waals surface area contributed by atoms with Crippen LogP contribution in [-0.4, -0.2) is 193 Å². The molecule has 0 spiro atoms. The molecule has 3 aliphatic heterocycles. The van der Waals surface area contributed by atoms with E-state index in [2.05, 4.69) is 31.3 Å². The molecule has 584 valence electrons. The summed E-state index contributed by atoms with van der Waals surface area (Å²) in [5.41, 5.74) is 0. The number of hydrogen-bond acceptors (Lipinski definition) is 18. The number of carbonyl (C=O) groups is 1. The van der Waals surface area contributed by atoms with Crippen LogP contribution in [-0.2, 0) is 33.2 Å². The van der Waals surface area contributed by atoms with Crippen LogP contribution in [0, 0.1) is 0 Å². The van der Waals surface area contributed by atoms with Crippen LogP contribution in [0.5, 0.6) is 0 Å². The molecule has 0 radical (unpaired) electrons. The normalized spacial score (nSPS) is 26.7. The Kier molecular flexibility index (Phi) is 56.8. The fourth-order valence-electron chi connectivity index (χ4n) is 14.2. The molecule has 3 aliphatic rings. The van der Waals surface area contributed by atoms with Gasteiger partial charge in [0.25, 0.3) is 0 Å². The quantitative estimate of drug-likeness (QED) is 0.0199. The average molecular weight is 1420 g/mol. The number of ether oxygens (including phenoxy) is 6. The summed E-state index contributed by atoms with van der Waals surface area (Å²) in [6, 6.07) is -0.988. The number of carbonyl (C=O) groups excluding carboxylic acids is 1. The van der Waals surface area contributed by atoms with Crippen LogP contribution in [0.15, 0.2) is 24.3 Å². The maximum atomic E-state index is 13.5. The molecular formula is C80H151NO18. The van der Waals surface area contributed by atoms with Crippen LogP contribution in [0.4, 0.5) is 0 Å². The maximum Gasteiger partial charge on any atom is 0.220 e. The Hall–Kier alpha value is -1.73. The number of allylic oxidation sites excluding steroid dienone is 3. The molecule has 17 atom stereocenters. The van der Waals surface area contributed by atoms with Gasteiger partial charge in [0, 0.05) is 6.42 Å². The molecule has 19 heteroatoms. The van der Waals surface area contributed by atoms with Crippen molar-refractivity contribution < 1.29 is 89.4 Å². The van der Waals surface area contributed by atoms with E-state index in [-0.39, 0.29) is 18.9 Å². The van der Waals surface area contributed by atoms with Crippen LogP contribution >= 0.6 is 0 Å². The van der Waals surface area contributed by atoms with Gasteiger partial charge in [0.1, 0.15) is 73.2 Å². The maximum absolute atomic E-state index is 13.5. The van der Waals surface area contributed by atoms with Crippen molar-refractivity contribution in [2.24, 2.45) is 0 Å². The zero-order chi connectivity index (χ0) is 71.8. The Morgan fingerprint density at radius 3 is 1.01 bits per heavy atom. The first-order valence-electron chi connectivity index (χ1n) is 41.1. The van der Waals surface area contributed by atoms with Gasteiger partial charge < -0.3 is 89.9 Å². The van der Waals surface area contributed by atoms with Crippen molar-refractivity contribution >= 4 is 5.91 Å². The summed E-state index contributed by atoms with van der Waals surface area (Å²) >= 11 is 0. The van der Waals surface area contributed by atoms with Gasteiger partial charge in [-0.1, -0.05) is 334 Å². The molecule has 1 amide bonds. The third-order valence-corrected chi connectivity index (χ3v) is 20.8. The van der Waals surface area contributed by atoms with Crippen LogP contribution in [0.3, 0.4) is 0 Å². The van der Waals surface area contributed by atoms with Crippen molar-refractivity contribution in [1.82, 2.24) is 5.32 Å². The Bertz CT molecular complexity index is 1880. The molecule has 0 aromatic heterocycles. The minimum absolute atomic E-state index is 0.241. The summed E-state index contributed by atoms with van der Waals surface area (Å²) in [5, 5.41) is 121. The second-order valence-electron chi connectivity index (χ2n) is 29.6.